The number of carbonyl (C=O) groups excluding carboxylic acids is 1. The Labute approximate surface area is 188 Å². The Kier molecular flexibility index (Phi) is 7.11. The van der Waals surface area contributed by atoms with Gasteiger partial charge in [0.25, 0.3) is 5.91 Å². The Morgan fingerprint density at radius 1 is 1.09 bits per heavy atom. The molecule has 3 aromatic rings. The minimum atomic E-state index is -4.61. The maximum atomic E-state index is 13.0. The van der Waals surface area contributed by atoms with Crippen molar-refractivity contribution in [1.82, 2.24) is 20.3 Å². The van der Waals surface area contributed by atoms with Crippen LogP contribution in [0.25, 0.3) is 0 Å². The number of carbonyl (C=O) groups is 1. The Balaban J connectivity index is 1.92. The van der Waals surface area contributed by atoms with Crippen molar-refractivity contribution in [2.75, 3.05) is 36.2 Å². The fraction of sp³-hybridized carbons (Fsp3) is 0.182. The van der Waals surface area contributed by atoms with E-state index >= 15 is 0 Å². The second-order valence-electron chi connectivity index (χ2n) is 7.05. The van der Waals surface area contributed by atoms with Crippen LogP contribution in [0, 0.1) is 0 Å². The van der Waals surface area contributed by atoms with E-state index in [1.165, 1.54) is 24.4 Å². The lowest BCUT2D eigenvalue weighted by atomic mass is 10.2. The van der Waals surface area contributed by atoms with E-state index in [0.717, 1.165) is 11.8 Å². The highest BCUT2D eigenvalue weighted by Crippen LogP contribution is 2.29. The van der Waals surface area contributed by atoms with Crippen molar-refractivity contribution in [2.24, 2.45) is 0 Å². The van der Waals surface area contributed by atoms with Crippen LogP contribution in [0.3, 0.4) is 0 Å². The summed E-state index contributed by atoms with van der Waals surface area (Å²) in [6.07, 6.45) is -1.84. The molecule has 0 aliphatic carbocycles. The molecule has 2 aromatic heterocycles. The van der Waals surface area contributed by atoms with Crippen LogP contribution in [-0.4, -0.2) is 41.5 Å². The average Bonchev–Trinajstić information content (AvgIpc) is 2.77. The van der Waals surface area contributed by atoms with Crippen LogP contribution >= 0.6 is 0 Å². The first-order valence-electron chi connectivity index (χ1n) is 9.79. The number of anilines is 5. The third-order valence-electron chi connectivity index (χ3n) is 4.37. The van der Waals surface area contributed by atoms with Crippen LogP contribution < -0.4 is 20.9 Å². The van der Waals surface area contributed by atoms with Crippen molar-refractivity contribution in [1.29, 1.82) is 0 Å². The fourth-order valence-electron chi connectivity index (χ4n) is 2.72. The van der Waals surface area contributed by atoms with Crippen LogP contribution in [0.1, 0.15) is 16.1 Å². The molecule has 3 N–H and O–H groups in total. The van der Waals surface area contributed by atoms with Gasteiger partial charge < -0.3 is 20.9 Å². The maximum Gasteiger partial charge on any atom is 0.433 e. The van der Waals surface area contributed by atoms with E-state index in [1.807, 2.05) is 43.3 Å². The van der Waals surface area contributed by atoms with E-state index in [-0.39, 0.29) is 29.7 Å². The van der Waals surface area contributed by atoms with Gasteiger partial charge in [-0.3, -0.25) is 4.79 Å². The third-order valence-corrected chi connectivity index (χ3v) is 4.37. The molecule has 0 radical (unpaired) electrons. The zero-order valence-corrected chi connectivity index (χ0v) is 17.9. The van der Waals surface area contributed by atoms with Crippen molar-refractivity contribution in [3.05, 3.63) is 72.6 Å². The number of hydrogen-bond donors (Lipinski definition) is 3. The second kappa shape index (κ2) is 9.98. The average molecular weight is 457 g/mol. The molecule has 1 aromatic carbocycles. The van der Waals surface area contributed by atoms with Gasteiger partial charge in [-0.1, -0.05) is 12.1 Å². The Morgan fingerprint density at radius 2 is 1.82 bits per heavy atom. The first-order valence-corrected chi connectivity index (χ1v) is 9.79. The molecule has 0 atom stereocenters. The number of hydrogen-bond acceptors (Lipinski definition) is 7. The van der Waals surface area contributed by atoms with Crippen molar-refractivity contribution in [2.45, 2.75) is 6.18 Å². The molecule has 33 heavy (non-hydrogen) atoms. The molecule has 0 fully saturated rings. The summed E-state index contributed by atoms with van der Waals surface area (Å²) in [6.45, 7) is 3.73. The van der Waals surface area contributed by atoms with Crippen LogP contribution in [0.15, 0.2) is 61.3 Å². The number of alkyl halides is 3. The van der Waals surface area contributed by atoms with Gasteiger partial charge in [0.2, 0.25) is 5.95 Å². The summed E-state index contributed by atoms with van der Waals surface area (Å²) < 4.78 is 39.1. The highest BCUT2D eigenvalue weighted by atomic mass is 19.4. The van der Waals surface area contributed by atoms with Crippen LogP contribution in [0.5, 0.6) is 0 Å². The van der Waals surface area contributed by atoms with Gasteiger partial charge in [0, 0.05) is 38.2 Å². The van der Waals surface area contributed by atoms with Crippen LogP contribution in [0.2, 0.25) is 0 Å². The molecule has 172 valence electrons. The standard InChI is InChI=1S/C22H22F3N7O/c1-4-12-26-20(33)16-13-27-21(28-14-8-10-15(11-9-14)32(2)3)31-19(16)30-18-7-5-6-17(29-18)22(23,24)25/h4-11,13H,1,12H2,2-3H3,(H,26,33)(H2,27,28,29,30,31). The summed E-state index contributed by atoms with van der Waals surface area (Å²) in [7, 11) is 3.84. The van der Waals surface area contributed by atoms with E-state index in [1.54, 1.807) is 0 Å². The molecule has 0 saturated carbocycles. The van der Waals surface area contributed by atoms with Gasteiger partial charge in [0.15, 0.2) is 0 Å². The molecular formula is C22H22F3N7O. The summed E-state index contributed by atoms with van der Waals surface area (Å²) in [4.78, 5) is 26.5. The number of nitrogens with zero attached hydrogens (tertiary/aromatic N) is 4. The van der Waals surface area contributed by atoms with Crippen molar-refractivity contribution >= 4 is 34.9 Å². The molecule has 0 spiro atoms. The van der Waals surface area contributed by atoms with E-state index in [0.29, 0.717) is 5.69 Å². The first kappa shape index (κ1) is 23.5. The largest absolute Gasteiger partial charge is 0.433 e. The van der Waals surface area contributed by atoms with Gasteiger partial charge in [-0.05, 0) is 36.4 Å². The minimum Gasteiger partial charge on any atom is -0.378 e. The molecule has 2 heterocycles. The molecule has 1 amide bonds. The highest BCUT2D eigenvalue weighted by Gasteiger charge is 2.32. The second-order valence-corrected chi connectivity index (χ2v) is 7.05. The summed E-state index contributed by atoms with van der Waals surface area (Å²) in [5.74, 6) is -0.512. The molecule has 3 rings (SSSR count). The molecule has 11 heteroatoms. The van der Waals surface area contributed by atoms with Gasteiger partial charge in [0.1, 0.15) is 22.9 Å². The molecule has 0 unspecified atom stereocenters. The molecular weight excluding hydrogens is 435 g/mol. The van der Waals surface area contributed by atoms with Gasteiger partial charge in [-0.25, -0.2) is 9.97 Å². The number of amides is 1. The summed E-state index contributed by atoms with van der Waals surface area (Å²) in [5.41, 5.74) is 0.643. The Bertz CT molecular complexity index is 1130. The molecule has 0 bridgehead atoms. The maximum absolute atomic E-state index is 13.0. The minimum absolute atomic E-state index is 0.00852. The smallest absolute Gasteiger partial charge is 0.378 e. The van der Waals surface area contributed by atoms with E-state index < -0.39 is 17.8 Å². The SMILES string of the molecule is C=CCNC(=O)c1cnc(Nc2ccc(N(C)C)cc2)nc1Nc1cccc(C(F)(F)F)n1. The number of pyridine rings is 1. The summed E-state index contributed by atoms with van der Waals surface area (Å²) in [6, 6.07) is 10.8. The first-order chi connectivity index (χ1) is 15.7. The lowest BCUT2D eigenvalue weighted by molar-refractivity contribution is -0.141. The Hall–Kier alpha value is -4.15. The van der Waals surface area contributed by atoms with E-state index in [9.17, 15) is 18.0 Å². The third kappa shape index (κ3) is 6.19. The lowest BCUT2D eigenvalue weighted by Crippen LogP contribution is -2.25. The van der Waals surface area contributed by atoms with Crippen molar-refractivity contribution in [3.63, 3.8) is 0 Å². The number of halogens is 3. The van der Waals surface area contributed by atoms with Crippen LogP contribution in [-0.2, 0) is 6.18 Å². The molecule has 8 nitrogen and oxygen atoms in total. The zero-order chi connectivity index (χ0) is 24.0. The highest BCUT2D eigenvalue weighted by molar-refractivity contribution is 5.99. The topological polar surface area (TPSA) is 95.1 Å². The van der Waals surface area contributed by atoms with Gasteiger partial charge in [-0.15, -0.1) is 6.58 Å². The van der Waals surface area contributed by atoms with Gasteiger partial charge in [0.05, 0.1) is 0 Å². The number of rotatable bonds is 8. The predicted octanol–water partition coefficient (Wildman–Crippen LogP) is 4.36. The summed E-state index contributed by atoms with van der Waals surface area (Å²) >= 11 is 0. The number of nitrogens with one attached hydrogen (secondary N) is 3. The number of benzene rings is 1. The Morgan fingerprint density at radius 3 is 2.45 bits per heavy atom. The van der Waals surface area contributed by atoms with E-state index in [2.05, 4.69) is 37.5 Å². The normalized spacial score (nSPS) is 10.9. The predicted molar refractivity (Wildman–Crippen MR) is 121 cm³/mol. The zero-order valence-electron chi connectivity index (χ0n) is 17.9. The van der Waals surface area contributed by atoms with Crippen molar-refractivity contribution in [3.8, 4) is 0 Å². The quantitative estimate of drug-likeness (QED) is 0.433. The van der Waals surface area contributed by atoms with Crippen molar-refractivity contribution < 1.29 is 18.0 Å². The molecule has 0 saturated heterocycles. The van der Waals surface area contributed by atoms with E-state index in [4.69, 9.17) is 0 Å². The lowest BCUT2D eigenvalue weighted by Gasteiger charge is -2.15. The number of aromatic nitrogens is 3. The summed E-state index contributed by atoms with van der Waals surface area (Å²) in [5, 5.41) is 8.30. The monoisotopic (exact) mass is 457 g/mol. The van der Waals surface area contributed by atoms with Gasteiger partial charge >= 0.3 is 6.18 Å². The van der Waals surface area contributed by atoms with Gasteiger partial charge in [-0.2, -0.15) is 18.2 Å². The molecule has 0 aliphatic rings. The fourth-order valence-corrected chi connectivity index (χ4v) is 2.72. The molecule has 0 aliphatic heterocycles. The van der Waals surface area contributed by atoms with Crippen LogP contribution in [0.4, 0.5) is 42.1 Å².